The number of hydrogen-bond acceptors (Lipinski definition) is 6. The Morgan fingerprint density at radius 2 is 1.46 bits per heavy atom. The number of ether oxygens (including phenoxy) is 4. The van der Waals surface area contributed by atoms with Crippen molar-refractivity contribution in [3.8, 4) is 23.0 Å². The quantitative estimate of drug-likeness (QED) is 0.823. The average Bonchev–Trinajstić information content (AvgIpc) is 3.04. The van der Waals surface area contributed by atoms with Crippen LogP contribution in [0, 0.1) is 0 Å². The zero-order valence-corrected chi connectivity index (χ0v) is 15.8. The molecule has 138 valence electrons. The first-order valence-corrected chi connectivity index (χ1v) is 8.79. The van der Waals surface area contributed by atoms with E-state index in [1.165, 1.54) is 18.9 Å². The molecule has 0 saturated carbocycles. The maximum atomic E-state index is 12.0. The molecule has 0 bridgehead atoms. The first-order valence-electron chi connectivity index (χ1n) is 7.91. The molecule has 3 rings (SSSR count). The number of hydrogen-bond donors (Lipinski definition) is 1. The van der Waals surface area contributed by atoms with Crippen molar-refractivity contribution in [1.29, 1.82) is 0 Å². The van der Waals surface area contributed by atoms with Gasteiger partial charge >= 0.3 is 5.97 Å². The lowest BCUT2D eigenvalue weighted by atomic mass is 9.91. The van der Waals surface area contributed by atoms with Gasteiger partial charge in [0.2, 0.25) is 0 Å². The summed E-state index contributed by atoms with van der Waals surface area (Å²) in [6.07, 6.45) is 0. The van der Waals surface area contributed by atoms with Crippen LogP contribution in [0.15, 0.2) is 35.2 Å². The summed E-state index contributed by atoms with van der Waals surface area (Å²) in [5.41, 5.74) is 1.58. The van der Waals surface area contributed by atoms with E-state index in [0.29, 0.717) is 23.0 Å². The van der Waals surface area contributed by atoms with Gasteiger partial charge < -0.3 is 24.1 Å². The van der Waals surface area contributed by atoms with E-state index in [2.05, 4.69) is 0 Å². The van der Waals surface area contributed by atoms with E-state index >= 15 is 0 Å². The van der Waals surface area contributed by atoms with Crippen molar-refractivity contribution in [2.24, 2.45) is 0 Å². The molecule has 1 N–H and O–H groups in total. The van der Waals surface area contributed by atoms with Crippen LogP contribution in [-0.4, -0.2) is 39.5 Å². The number of carbonyl (C=O) groups is 1. The second kappa shape index (κ2) is 7.37. The minimum Gasteiger partial charge on any atom is -0.493 e. The molecule has 1 aliphatic rings. The van der Waals surface area contributed by atoms with E-state index in [4.69, 9.17) is 18.9 Å². The number of carboxylic acid groups (broad SMARTS) is 1. The zero-order chi connectivity index (χ0) is 18.8. The number of rotatable bonds is 6. The Morgan fingerprint density at radius 1 is 0.885 bits per heavy atom. The smallest absolute Gasteiger partial charge is 0.312 e. The van der Waals surface area contributed by atoms with Crippen molar-refractivity contribution in [2.45, 2.75) is 16.1 Å². The van der Waals surface area contributed by atoms with E-state index in [1.54, 1.807) is 33.5 Å². The van der Waals surface area contributed by atoms with Gasteiger partial charge in [-0.3, -0.25) is 4.79 Å². The fourth-order valence-corrected chi connectivity index (χ4v) is 4.59. The maximum absolute atomic E-state index is 12.0. The molecule has 0 saturated heterocycles. The average molecular weight is 376 g/mol. The molecule has 0 amide bonds. The van der Waals surface area contributed by atoms with Gasteiger partial charge in [-0.2, -0.15) is 0 Å². The Labute approximate surface area is 156 Å². The molecule has 1 heterocycles. The highest BCUT2D eigenvalue weighted by Gasteiger charge is 2.40. The number of aliphatic carboxylic acids is 1. The molecular formula is C19H20O6S. The molecule has 0 spiro atoms. The predicted octanol–water partition coefficient (Wildman–Crippen LogP) is 3.74. The molecular weight excluding hydrogens is 356 g/mol. The van der Waals surface area contributed by atoms with E-state index in [0.717, 1.165) is 16.0 Å². The minimum atomic E-state index is -0.886. The Bertz CT molecular complexity index is 835. The van der Waals surface area contributed by atoms with Crippen LogP contribution in [0.25, 0.3) is 0 Å². The third-order valence-corrected chi connectivity index (χ3v) is 5.82. The van der Waals surface area contributed by atoms with E-state index in [1.807, 2.05) is 18.2 Å². The number of benzene rings is 2. The van der Waals surface area contributed by atoms with E-state index in [9.17, 15) is 9.90 Å². The molecule has 1 aliphatic heterocycles. The third-order valence-electron chi connectivity index (χ3n) is 4.41. The second-order valence-electron chi connectivity index (χ2n) is 5.71. The second-order valence-corrected chi connectivity index (χ2v) is 6.90. The lowest BCUT2D eigenvalue weighted by Gasteiger charge is -2.18. The van der Waals surface area contributed by atoms with Crippen molar-refractivity contribution in [3.63, 3.8) is 0 Å². The van der Waals surface area contributed by atoms with Crippen LogP contribution in [0.3, 0.4) is 0 Å². The third kappa shape index (κ3) is 3.03. The Morgan fingerprint density at radius 3 is 2.04 bits per heavy atom. The molecule has 0 fully saturated rings. The van der Waals surface area contributed by atoms with Gasteiger partial charge in [-0.1, -0.05) is 6.07 Å². The van der Waals surface area contributed by atoms with Gasteiger partial charge in [0, 0.05) is 4.90 Å². The van der Waals surface area contributed by atoms with Crippen LogP contribution in [0.1, 0.15) is 22.3 Å². The number of methoxy groups -OCH3 is 4. The SMILES string of the molecule is COc1ccc(C2Sc3cc(OC)c(OC)cc3C2C(=O)O)cc1OC. The van der Waals surface area contributed by atoms with Crippen LogP contribution in [-0.2, 0) is 4.79 Å². The van der Waals surface area contributed by atoms with Crippen molar-refractivity contribution in [1.82, 2.24) is 0 Å². The van der Waals surface area contributed by atoms with E-state index in [-0.39, 0.29) is 5.25 Å². The summed E-state index contributed by atoms with van der Waals surface area (Å²) < 4.78 is 21.3. The van der Waals surface area contributed by atoms with Gasteiger partial charge in [0.15, 0.2) is 23.0 Å². The van der Waals surface area contributed by atoms with Gasteiger partial charge in [0.25, 0.3) is 0 Å². The lowest BCUT2D eigenvalue weighted by Crippen LogP contribution is -2.14. The first-order chi connectivity index (χ1) is 12.5. The molecule has 2 unspecified atom stereocenters. The maximum Gasteiger partial charge on any atom is 0.312 e. The molecule has 2 aromatic rings. The fourth-order valence-electron chi connectivity index (χ4n) is 3.14. The van der Waals surface area contributed by atoms with Crippen LogP contribution < -0.4 is 18.9 Å². The Kier molecular flexibility index (Phi) is 5.18. The summed E-state index contributed by atoms with van der Waals surface area (Å²) in [5.74, 6) is 0.686. The molecule has 0 aliphatic carbocycles. The molecule has 0 aromatic heterocycles. The Hall–Kier alpha value is -2.54. The predicted molar refractivity (Wildman–Crippen MR) is 98.1 cm³/mol. The van der Waals surface area contributed by atoms with Gasteiger partial charge in [0.1, 0.15) is 0 Å². The van der Waals surface area contributed by atoms with Crippen molar-refractivity contribution < 1.29 is 28.8 Å². The summed E-state index contributed by atoms with van der Waals surface area (Å²) >= 11 is 1.49. The summed E-state index contributed by atoms with van der Waals surface area (Å²) in [5, 5.41) is 9.58. The molecule has 2 atom stereocenters. The Balaban J connectivity index is 2.07. The van der Waals surface area contributed by atoms with Gasteiger partial charge in [-0.25, -0.2) is 0 Å². The number of carboxylic acids is 1. The van der Waals surface area contributed by atoms with Crippen LogP contribution in [0.2, 0.25) is 0 Å². The largest absolute Gasteiger partial charge is 0.493 e. The first kappa shape index (κ1) is 18.3. The van der Waals surface area contributed by atoms with Gasteiger partial charge in [-0.05, 0) is 35.4 Å². The topological polar surface area (TPSA) is 74.2 Å². The highest BCUT2D eigenvalue weighted by atomic mass is 32.2. The molecule has 7 heteroatoms. The monoisotopic (exact) mass is 376 g/mol. The molecule has 6 nitrogen and oxygen atoms in total. The molecule has 26 heavy (non-hydrogen) atoms. The summed E-state index contributed by atoms with van der Waals surface area (Å²) in [6.45, 7) is 0. The highest BCUT2D eigenvalue weighted by molar-refractivity contribution is 8.00. The molecule has 2 aromatic carbocycles. The number of thioether (sulfide) groups is 1. The number of fused-ring (bicyclic) bond motifs is 1. The van der Waals surface area contributed by atoms with Crippen LogP contribution in [0.5, 0.6) is 23.0 Å². The highest BCUT2D eigenvalue weighted by Crippen LogP contribution is 2.57. The summed E-state index contributed by atoms with van der Waals surface area (Å²) in [7, 11) is 6.22. The summed E-state index contributed by atoms with van der Waals surface area (Å²) in [4.78, 5) is 12.9. The zero-order valence-electron chi connectivity index (χ0n) is 14.9. The fraction of sp³-hybridized carbons (Fsp3) is 0.316. The minimum absolute atomic E-state index is 0.292. The normalized spacial score (nSPS) is 18.2. The van der Waals surface area contributed by atoms with Crippen LogP contribution >= 0.6 is 11.8 Å². The van der Waals surface area contributed by atoms with Gasteiger partial charge in [0.05, 0.1) is 39.6 Å². The van der Waals surface area contributed by atoms with Crippen molar-refractivity contribution in [3.05, 3.63) is 41.5 Å². The molecule has 0 radical (unpaired) electrons. The standard InChI is InChI=1S/C19H20O6S/c1-22-12-6-5-10(7-13(12)23-2)18-17(19(20)21)11-8-14(24-3)15(25-4)9-16(11)26-18/h5-9,17-18H,1-4H3,(H,20,21). The van der Waals surface area contributed by atoms with Crippen molar-refractivity contribution in [2.75, 3.05) is 28.4 Å². The van der Waals surface area contributed by atoms with Crippen molar-refractivity contribution >= 4 is 17.7 Å². The van der Waals surface area contributed by atoms with Crippen LogP contribution in [0.4, 0.5) is 0 Å². The van der Waals surface area contributed by atoms with E-state index < -0.39 is 11.9 Å². The van der Waals surface area contributed by atoms with Gasteiger partial charge in [-0.15, -0.1) is 11.8 Å². The lowest BCUT2D eigenvalue weighted by molar-refractivity contribution is -0.138. The summed E-state index contributed by atoms with van der Waals surface area (Å²) in [6, 6.07) is 9.07.